The number of imidazole rings is 1. The summed E-state index contributed by atoms with van der Waals surface area (Å²) in [6.07, 6.45) is 2.50. The summed E-state index contributed by atoms with van der Waals surface area (Å²) >= 11 is 1.61. The van der Waals surface area contributed by atoms with E-state index in [-0.39, 0.29) is 17.9 Å². The van der Waals surface area contributed by atoms with Crippen LogP contribution in [-0.4, -0.2) is 39.0 Å². The Bertz CT molecular complexity index is 937. The van der Waals surface area contributed by atoms with Gasteiger partial charge in [-0.2, -0.15) is 0 Å². The molecule has 3 heterocycles. The molecule has 0 unspecified atom stereocenters. The molecule has 26 heavy (non-hydrogen) atoms. The van der Waals surface area contributed by atoms with E-state index in [1.807, 2.05) is 12.3 Å². The summed E-state index contributed by atoms with van der Waals surface area (Å²) in [7, 11) is 0. The van der Waals surface area contributed by atoms with Gasteiger partial charge in [-0.05, 0) is 38.0 Å². The first kappa shape index (κ1) is 17.0. The molecule has 2 amide bonds. The van der Waals surface area contributed by atoms with Crippen molar-refractivity contribution in [2.24, 2.45) is 0 Å². The summed E-state index contributed by atoms with van der Waals surface area (Å²) < 4.78 is 13.4. The van der Waals surface area contributed by atoms with E-state index in [2.05, 4.69) is 20.3 Å². The molecule has 1 saturated heterocycles. The Balaban J connectivity index is 1.42. The van der Waals surface area contributed by atoms with Crippen LogP contribution in [0, 0.1) is 12.7 Å². The molecule has 0 aliphatic carbocycles. The number of nitrogens with zero attached hydrogens (tertiary/aromatic N) is 3. The van der Waals surface area contributed by atoms with Gasteiger partial charge in [0.1, 0.15) is 11.6 Å². The van der Waals surface area contributed by atoms with Gasteiger partial charge >= 0.3 is 6.03 Å². The van der Waals surface area contributed by atoms with Crippen LogP contribution in [0.5, 0.6) is 0 Å². The summed E-state index contributed by atoms with van der Waals surface area (Å²) in [6, 6.07) is 4.29. The fraction of sp³-hybridized carbons (Fsp3) is 0.389. The van der Waals surface area contributed by atoms with Crippen molar-refractivity contribution in [3.05, 3.63) is 45.9 Å². The number of hydrogen-bond acceptors (Lipinski definition) is 4. The number of hydrogen-bond donors (Lipinski definition) is 2. The lowest BCUT2D eigenvalue weighted by Crippen LogP contribution is -2.40. The number of benzene rings is 1. The largest absolute Gasteiger partial charge is 0.340 e. The van der Waals surface area contributed by atoms with E-state index in [0.717, 1.165) is 30.0 Å². The molecule has 1 aliphatic heterocycles. The monoisotopic (exact) mass is 373 g/mol. The molecule has 6 nitrogen and oxygen atoms in total. The lowest BCUT2D eigenvalue weighted by Gasteiger charge is -2.23. The summed E-state index contributed by atoms with van der Waals surface area (Å²) in [4.78, 5) is 26.5. The zero-order valence-corrected chi connectivity index (χ0v) is 15.3. The quantitative estimate of drug-likeness (QED) is 0.734. The summed E-state index contributed by atoms with van der Waals surface area (Å²) in [5.41, 5.74) is 2.39. The molecule has 1 aliphatic rings. The van der Waals surface area contributed by atoms with Crippen LogP contribution >= 0.6 is 11.3 Å². The molecule has 4 rings (SSSR count). The van der Waals surface area contributed by atoms with Crippen molar-refractivity contribution in [2.75, 3.05) is 13.1 Å². The van der Waals surface area contributed by atoms with Crippen molar-refractivity contribution < 1.29 is 9.18 Å². The van der Waals surface area contributed by atoms with Crippen molar-refractivity contribution in [1.29, 1.82) is 0 Å². The standard InChI is InChI=1S/C18H20FN5OS/c1-11-10-26-16(21-11)6-7-20-18(25)24-8-2-3-15(24)17-22-13-5-4-12(19)9-14(13)23-17/h4-5,9-10,15H,2-3,6-8H2,1H3,(H,20,25)(H,22,23)/t15-/m1/s1. The van der Waals surface area contributed by atoms with E-state index >= 15 is 0 Å². The SMILES string of the molecule is Cc1csc(CCNC(=O)N2CCC[C@@H]2c2nc3ccc(F)cc3[nH]2)n1. The Morgan fingerprint density at radius 3 is 3.15 bits per heavy atom. The lowest BCUT2D eigenvalue weighted by atomic mass is 10.2. The third-order valence-corrected chi connectivity index (χ3v) is 5.60. The number of amides is 2. The average molecular weight is 373 g/mol. The third kappa shape index (κ3) is 3.41. The fourth-order valence-electron chi connectivity index (χ4n) is 3.35. The number of halogens is 1. The van der Waals surface area contributed by atoms with Crippen molar-refractivity contribution in [2.45, 2.75) is 32.2 Å². The molecule has 0 bridgehead atoms. The molecular formula is C18H20FN5OS. The Morgan fingerprint density at radius 1 is 1.46 bits per heavy atom. The molecule has 0 radical (unpaired) electrons. The van der Waals surface area contributed by atoms with Gasteiger partial charge in [-0.1, -0.05) is 0 Å². The van der Waals surface area contributed by atoms with Crippen LogP contribution in [-0.2, 0) is 6.42 Å². The molecule has 8 heteroatoms. The zero-order valence-electron chi connectivity index (χ0n) is 14.5. The maximum Gasteiger partial charge on any atom is 0.318 e. The number of aryl methyl sites for hydroxylation is 1. The molecule has 2 aromatic heterocycles. The molecule has 1 fully saturated rings. The van der Waals surface area contributed by atoms with Crippen LogP contribution in [0.2, 0.25) is 0 Å². The van der Waals surface area contributed by atoms with E-state index in [9.17, 15) is 9.18 Å². The molecule has 0 saturated carbocycles. The minimum Gasteiger partial charge on any atom is -0.340 e. The number of thiazole rings is 1. The first-order chi connectivity index (χ1) is 12.6. The zero-order chi connectivity index (χ0) is 18.1. The maximum absolute atomic E-state index is 13.4. The molecule has 2 N–H and O–H groups in total. The number of nitrogens with one attached hydrogen (secondary N) is 2. The number of fused-ring (bicyclic) bond motifs is 1. The molecule has 1 aromatic carbocycles. The van der Waals surface area contributed by atoms with Crippen LogP contribution in [0.4, 0.5) is 9.18 Å². The molecule has 0 spiro atoms. The average Bonchev–Trinajstić information content (AvgIpc) is 3.32. The van der Waals surface area contributed by atoms with E-state index in [1.165, 1.54) is 12.1 Å². The number of carbonyl (C=O) groups excluding carboxylic acids is 1. The predicted octanol–water partition coefficient (Wildman–Crippen LogP) is 3.56. The first-order valence-electron chi connectivity index (χ1n) is 8.71. The van der Waals surface area contributed by atoms with Crippen molar-refractivity contribution in [1.82, 2.24) is 25.2 Å². The minimum absolute atomic E-state index is 0.0904. The van der Waals surface area contributed by atoms with Crippen LogP contribution < -0.4 is 5.32 Å². The van der Waals surface area contributed by atoms with E-state index in [4.69, 9.17) is 0 Å². The van der Waals surface area contributed by atoms with Gasteiger partial charge in [-0.25, -0.2) is 19.2 Å². The molecular weight excluding hydrogens is 353 g/mol. The topological polar surface area (TPSA) is 73.9 Å². The smallest absolute Gasteiger partial charge is 0.318 e. The van der Waals surface area contributed by atoms with Crippen molar-refractivity contribution >= 4 is 28.4 Å². The van der Waals surface area contributed by atoms with E-state index in [0.29, 0.717) is 29.9 Å². The Morgan fingerprint density at radius 2 is 2.35 bits per heavy atom. The van der Waals surface area contributed by atoms with Crippen LogP contribution in [0.15, 0.2) is 23.6 Å². The van der Waals surface area contributed by atoms with Gasteiger partial charge < -0.3 is 15.2 Å². The number of urea groups is 1. The highest BCUT2D eigenvalue weighted by Crippen LogP contribution is 2.31. The lowest BCUT2D eigenvalue weighted by molar-refractivity contribution is 0.191. The fourth-order valence-corrected chi connectivity index (χ4v) is 4.12. The number of rotatable bonds is 4. The molecule has 3 aromatic rings. The third-order valence-electron chi connectivity index (χ3n) is 4.57. The Kier molecular flexibility index (Phi) is 4.58. The number of H-pyrrole nitrogens is 1. The van der Waals surface area contributed by atoms with Crippen LogP contribution in [0.1, 0.15) is 35.4 Å². The van der Waals surface area contributed by atoms with Gasteiger partial charge in [-0.15, -0.1) is 11.3 Å². The van der Waals surface area contributed by atoms with Gasteiger partial charge in [0.05, 0.1) is 22.1 Å². The van der Waals surface area contributed by atoms with Crippen molar-refractivity contribution in [3.63, 3.8) is 0 Å². The highest BCUT2D eigenvalue weighted by molar-refractivity contribution is 7.09. The number of likely N-dealkylation sites (tertiary alicyclic amines) is 1. The number of carbonyl (C=O) groups is 1. The van der Waals surface area contributed by atoms with Gasteiger partial charge in [0.25, 0.3) is 0 Å². The first-order valence-corrected chi connectivity index (χ1v) is 9.59. The van der Waals surface area contributed by atoms with Crippen LogP contribution in [0.25, 0.3) is 11.0 Å². The predicted molar refractivity (Wildman–Crippen MR) is 98.7 cm³/mol. The van der Waals surface area contributed by atoms with Crippen LogP contribution in [0.3, 0.4) is 0 Å². The highest BCUT2D eigenvalue weighted by Gasteiger charge is 2.32. The number of aromatic nitrogens is 3. The normalized spacial score (nSPS) is 17.2. The van der Waals surface area contributed by atoms with Gasteiger partial charge in [0, 0.05) is 30.6 Å². The summed E-state index contributed by atoms with van der Waals surface area (Å²) in [5.74, 6) is 0.417. The Hall–Kier alpha value is -2.48. The maximum atomic E-state index is 13.4. The summed E-state index contributed by atoms with van der Waals surface area (Å²) in [6.45, 7) is 3.21. The minimum atomic E-state index is -0.300. The second kappa shape index (κ2) is 7.03. The number of aromatic amines is 1. The van der Waals surface area contributed by atoms with E-state index in [1.54, 1.807) is 22.3 Å². The second-order valence-electron chi connectivity index (χ2n) is 6.50. The van der Waals surface area contributed by atoms with Crippen molar-refractivity contribution in [3.8, 4) is 0 Å². The van der Waals surface area contributed by atoms with Gasteiger partial charge in [0.2, 0.25) is 0 Å². The Labute approximate surface area is 154 Å². The summed E-state index contributed by atoms with van der Waals surface area (Å²) in [5, 5.41) is 6.02. The van der Waals surface area contributed by atoms with Gasteiger partial charge in [-0.3, -0.25) is 0 Å². The van der Waals surface area contributed by atoms with Gasteiger partial charge in [0.15, 0.2) is 0 Å². The molecule has 136 valence electrons. The second-order valence-corrected chi connectivity index (χ2v) is 7.44. The van der Waals surface area contributed by atoms with E-state index < -0.39 is 0 Å². The molecule has 1 atom stereocenters. The highest BCUT2D eigenvalue weighted by atomic mass is 32.1.